The van der Waals surface area contributed by atoms with Crippen molar-refractivity contribution in [3.63, 3.8) is 0 Å². The molecule has 94 valence electrons. The molecule has 1 heterocycles. The van der Waals surface area contributed by atoms with Crippen molar-refractivity contribution >= 4 is 11.6 Å². The minimum atomic E-state index is -0.0455. The zero-order valence-corrected chi connectivity index (χ0v) is 11.1. The molecule has 1 atom stereocenters. The number of aryl methyl sites for hydroxylation is 1. The fraction of sp³-hybridized carbons (Fsp3) is 0.214. The summed E-state index contributed by atoms with van der Waals surface area (Å²) in [7, 11) is 0. The van der Waals surface area contributed by atoms with Crippen molar-refractivity contribution in [1.82, 2.24) is 4.98 Å². The molecule has 1 unspecified atom stereocenters. The first kappa shape index (κ1) is 12.9. The summed E-state index contributed by atoms with van der Waals surface area (Å²) >= 11 is 5.94. The highest BCUT2D eigenvalue weighted by Gasteiger charge is 2.06. The Balaban J connectivity index is 2.28. The van der Waals surface area contributed by atoms with Crippen LogP contribution in [0.1, 0.15) is 24.1 Å². The van der Waals surface area contributed by atoms with Crippen LogP contribution in [0.15, 0.2) is 36.5 Å². The van der Waals surface area contributed by atoms with E-state index >= 15 is 0 Å². The predicted molar refractivity (Wildman–Crippen MR) is 73.1 cm³/mol. The lowest BCUT2D eigenvalue weighted by atomic mass is 10.1. The van der Waals surface area contributed by atoms with E-state index < -0.39 is 0 Å². The van der Waals surface area contributed by atoms with Gasteiger partial charge in [0.1, 0.15) is 5.75 Å². The maximum absolute atomic E-state index is 5.94. The maximum Gasteiger partial charge on any atom is 0.219 e. The molecule has 0 aliphatic heterocycles. The van der Waals surface area contributed by atoms with E-state index in [9.17, 15) is 0 Å². The van der Waals surface area contributed by atoms with Crippen LogP contribution in [-0.2, 0) is 0 Å². The van der Waals surface area contributed by atoms with E-state index in [2.05, 4.69) is 4.98 Å². The average Bonchev–Trinajstić information content (AvgIpc) is 2.34. The molecular weight excluding hydrogens is 248 g/mol. The Morgan fingerprint density at radius 2 is 2.06 bits per heavy atom. The second-order valence-electron chi connectivity index (χ2n) is 4.23. The van der Waals surface area contributed by atoms with Crippen molar-refractivity contribution < 1.29 is 4.74 Å². The topological polar surface area (TPSA) is 48.1 Å². The van der Waals surface area contributed by atoms with E-state index in [0.717, 1.165) is 11.1 Å². The molecule has 18 heavy (non-hydrogen) atoms. The maximum atomic E-state index is 5.94. The number of hydrogen-bond acceptors (Lipinski definition) is 3. The van der Waals surface area contributed by atoms with E-state index in [-0.39, 0.29) is 6.04 Å². The Kier molecular flexibility index (Phi) is 3.84. The zero-order valence-electron chi connectivity index (χ0n) is 10.4. The van der Waals surface area contributed by atoms with Gasteiger partial charge in [-0.1, -0.05) is 17.7 Å². The van der Waals surface area contributed by atoms with Crippen LogP contribution in [0.4, 0.5) is 0 Å². The van der Waals surface area contributed by atoms with Gasteiger partial charge in [-0.2, -0.15) is 0 Å². The van der Waals surface area contributed by atoms with Gasteiger partial charge in [-0.3, -0.25) is 0 Å². The number of rotatable bonds is 3. The summed E-state index contributed by atoms with van der Waals surface area (Å²) in [6.07, 6.45) is 1.69. The third-order valence-corrected chi connectivity index (χ3v) is 2.88. The largest absolute Gasteiger partial charge is 0.439 e. The normalized spacial score (nSPS) is 12.2. The molecule has 2 rings (SSSR count). The predicted octanol–water partition coefficient (Wildman–Crippen LogP) is 3.86. The lowest BCUT2D eigenvalue weighted by Crippen LogP contribution is -2.05. The monoisotopic (exact) mass is 262 g/mol. The van der Waals surface area contributed by atoms with Crippen LogP contribution in [-0.4, -0.2) is 4.98 Å². The van der Waals surface area contributed by atoms with Gasteiger partial charge in [0, 0.05) is 23.3 Å². The van der Waals surface area contributed by atoms with Gasteiger partial charge in [-0.25, -0.2) is 4.98 Å². The second-order valence-corrected chi connectivity index (χ2v) is 4.66. The van der Waals surface area contributed by atoms with Gasteiger partial charge in [0.25, 0.3) is 0 Å². The lowest BCUT2D eigenvalue weighted by molar-refractivity contribution is 0.458. The molecule has 0 saturated heterocycles. The minimum absolute atomic E-state index is 0.0455. The summed E-state index contributed by atoms with van der Waals surface area (Å²) in [6, 6.07) is 9.18. The quantitative estimate of drug-likeness (QED) is 0.914. The number of nitrogens with zero attached hydrogens (tertiary/aromatic N) is 1. The van der Waals surface area contributed by atoms with E-state index in [1.807, 2.05) is 38.1 Å². The molecule has 0 fully saturated rings. The van der Waals surface area contributed by atoms with Crippen molar-refractivity contribution in [1.29, 1.82) is 0 Å². The molecule has 0 radical (unpaired) electrons. The third-order valence-electron chi connectivity index (χ3n) is 2.65. The Morgan fingerprint density at radius 1 is 1.28 bits per heavy atom. The number of aromatic nitrogens is 1. The highest BCUT2D eigenvalue weighted by molar-refractivity contribution is 6.30. The van der Waals surface area contributed by atoms with Crippen LogP contribution < -0.4 is 10.5 Å². The van der Waals surface area contributed by atoms with Crippen LogP contribution in [0.3, 0.4) is 0 Å². The number of pyridine rings is 1. The van der Waals surface area contributed by atoms with E-state index in [4.69, 9.17) is 22.1 Å². The molecule has 2 aromatic rings. The summed E-state index contributed by atoms with van der Waals surface area (Å²) in [4.78, 5) is 4.17. The molecule has 1 aromatic heterocycles. The highest BCUT2D eigenvalue weighted by Crippen LogP contribution is 2.27. The van der Waals surface area contributed by atoms with E-state index in [1.165, 1.54) is 0 Å². The molecule has 0 spiro atoms. The summed E-state index contributed by atoms with van der Waals surface area (Å²) in [5.41, 5.74) is 7.82. The van der Waals surface area contributed by atoms with Crippen LogP contribution >= 0.6 is 11.6 Å². The second kappa shape index (κ2) is 5.38. The molecule has 0 bridgehead atoms. The number of halogens is 1. The van der Waals surface area contributed by atoms with Gasteiger partial charge in [-0.05, 0) is 43.2 Å². The van der Waals surface area contributed by atoms with Crippen LogP contribution in [0.5, 0.6) is 11.6 Å². The van der Waals surface area contributed by atoms with Crippen molar-refractivity contribution in [2.24, 2.45) is 5.73 Å². The smallest absolute Gasteiger partial charge is 0.219 e. The van der Waals surface area contributed by atoms with Gasteiger partial charge < -0.3 is 10.5 Å². The number of hydrogen-bond donors (Lipinski definition) is 1. The fourth-order valence-electron chi connectivity index (χ4n) is 1.56. The summed E-state index contributed by atoms with van der Waals surface area (Å²) in [5.74, 6) is 1.23. The molecule has 0 saturated carbocycles. The van der Waals surface area contributed by atoms with Gasteiger partial charge >= 0.3 is 0 Å². The highest BCUT2D eigenvalue weighted by atomic mass is 35.5. The van der Waals surface area contributed by atoms with Crippen LogP contribution in [0.25, 0.3) is 0 Å². The summed E-state index contributed by atoms with van der Waals surface area (Å²) in [6.45, 7) is 3.88. The van der Waals surface area contributed by atoms with Crippen LogP contribution in [0, 0.1) is 6.92 Å². The fourth-order valence-corrected chi connectivity index (χ4v) is 1.72. The van der Waals surface area contributed by atoms with Crippen molar-refractivity contribution in [3.05, 3.63) is 52.7 Å². The van der Waals surface area contributed by atoms with Crippen molar-refractivity contribution in [3.8, 4) is 11.6 Å². The molecule has 1 aromatic carbocycles. The molecule has 0 amide bonds. The number of ether oxygens (including phenoxy) is 1. The van der Waals surface area contributed by atoms with E-state index in [1.54, 1.807) is 12.3 Å². The first-order valence-corrected chi connectivity index (χ1v) is 6.09. The summed E-state index contributed by atoms with van der Waals surface area (Å²) < 4.78 is 5.73. The number of benzene rings is 1. The van der Waals surface area contributed by atoms with Crippen LogP contribution in [0.2, 0.25) is 5.02 Å². The SMILES string of the molecule is Cc1ccc(Cl)cc1Oc1cc(C(C)N)ccn1. The molecule has 2 N–H and O–H groups in total. The molecule has 0 aliphatic carbocycles. The Labute approximate surface area is 112 Å². The molecule has 3 nitrogen and oxygen atoms in total. The third kappa shape index (κ3) is 3.00. The van der Waals surface area contributed by atoms with E-state index in [0.29, 0.717) is 16.7 Å². The van der Waals surface area contributed by atoms with Crippen molar-refractivity contribution in [2.45, 2.75) is 19.9 Å². The average molecular weight is 263 g/mol. The molecular formula is C14H15ClN2O. The standard InChI is InChI=1S/C14H15ClN2O/c1-9-3-4-12(15)8-13(9)18-14-7-11(10(2)16)5-6-17-14/h3-8,10H,16H2,1-2H3. The summed E-state index contributed by atoms with van der Waals surface area (Å²) in [5, 5.41) is 0.638. The first-order chi connectivity index (χ1) is 8.56. The first-order valence-electron chi connectivity index (χ1n) is 5.72. The molecule has 0 aliphatic rings. The Bertz CT molecular complexity index is 555. The van der Waals surface area contributed by atoms with Gasteiger partial charge in [0.15, 0.2) is 0 Å². The molecule has 4 heteroatoms. The Morgan fingerprint density at radius 3 is 2.78 bits per heavy atom. The van der Waals surface area contributed by atoms with Gasteiger partial charge in [-0.15, -0.1) is 0 Å². The van der Waals surface area contributed by atoms with Gasteiger partial charge in [0.2, 0.25) is 5.88 Å². The zero-order chi connectivity index (χ0) is 13.1. The Hall–Kier alpha value is -1.58. The lowest BCUT2D eigenvalue weighted by Gasteiger charge is -2.10. The van der Waals surface area contributed by atoms with Gasteiger partial charge in [0.05, 0.1) is 0 Å². The number of nitrogens with two attached hydrogens (primary N) is 1. The van der Waals surface area contributed by atoms with Crippen molar-refractivity contribution in [2.75, 3.05) is 0 Å². The minimum Gasteiger partial charge on any atom is -0.439 e.